The summed E-state index contributed by atoms with van der Waals surface area (Å²) in [6.07, 6.45) is 3.39. The number of carbonyl (C=O) groups excluding carboxylic acids is 2. The molecule has 0 spiro atoms. The molecule has 0 atom stereocenters. The number of morpholine rings is 1. The Kier molecular flexibility index (Phi) is 6.11. The van der Waals surface area contributed by atoms with Gasteiger partial charge < -0.3 is 15.8 Å². The molecule has 0 saturated carbocycles. The lowest BCUT2D eigenvalue weighted by molar-refractivity contribution is 0.0730. The first-order chi connectivity index (χ1) is 14.8. The van der Waals surface area contributed by atoms with Gasteiger partial charge in [0.2, 0.25) is 10.0 Å². The van der Waals surface area contributed by atoms with Crippen molar-refractivity contribution in [3.05, 3.63) is 45.6 Å². The molecular formula is C20H22FN3O5S2. The standard InChI is InChI=1S/C20H22FN3O5S2/c21-15-6-5-12(31(27,28)24-7-9-29-10-8-24)11-14(15)19(26)23-20-17(18(22)25)13-3-1-2-4-16(13)30-20/h5-6,11H,1-4,7-10H2,(H2,22,25)(H,23,26). The van der Waals surface area contributed by atoms with Crippen LogP contribution in [0.2, 0.25) is 0 Å². The average molecular weight is 468 g/mol. The van der Waals surface area contributed by atoms with Gasteiger partial charge in [0.25, 0.3) is 11.8 Å². The second-order valence-electron chi connectivity index (χ2n) is 7.39. The molecule has 1 aliphatic heterocycles. The molecule has 1 aromatic carbocycles. The maximum atomic E-state index is 14.5. The fourth-order valence-corrected chi connectivity index (χ4v) is 6.58. The number of aryl methyl sites for hydroxylation is 1. The van der Waals surface area contributed by atoms with Crippen LogP contribution >= 0.6 is 11.3 Å². The van der Waals surface area contributed by atoms with Crippen molar-refractivity contribution in [2.45, 2.75) is 30.6 Å². The predicted octanol–water partition coefficient (Wildman–Crippen LogP) is 2.14. The number of anilines is 1. The van der Waals surface area contributed by atoms with Crippen molar-refractivity contribution in [3.63, 3.8) is 0 Å². The lowest BCUT2D eigenvalue weighted by atomic mass is 9.95. The molecule has 2 amide bonds. The lowest BCUT2D eigenvalue weighted by Gasteiger charge is -2.26. The minimum Gasteiger partial charge on any atom is -0.379 e. The molecular weight excluding hydrogens is 445 g/mol. The number of benzene rings is 1. The van der Waals surface area contributed by atoms with Crippen LogP contribution in [0.3, 0.4) is 0 Å². The summed E-state index contributed by atoms with van der Waals surface area (Å²) in [7, 11) is -3.90. The Hall–Kier alpha value is -2.34. The highest BCUT2D eigenvalue weighted by atomic mass is 32.2. The molecule has 0 unspecified atom stereocenters. The quantitative estimate of drug-likeness (QED) is 0.698. The zero-order chi connectivity index (χ0) is 22.2. The molecule has 2 heterocycles. The highest BCUT2D eigenvalue weighted by molar-refractivity contribution is 7.89. The number of amides is 2. The van der Waals surface area contributed by atoms with Crippen molar-refractivity contribution in [1.82, 2.24) is 4.31 Å². The molecule has 0 radical (unpaired) electrons. The second kappa shape index (κ2) is 8.65. The first kappa shape index (κ1) is 21.9. The Bertz CT molecular complexity index is 1140. The Labute approximate surface area is 183 Å². The number of thiophene rings is 1. The number of primary amides is 1. The number of sulfonamides is 1. The first-order valence-corrected chi connectivity index (χ1v) is 12.2. The van der Waals surface area contributed by atoms with E-state index in [2.05, 4.69) is 5.32 Å². The molecule has 3 N–H and O–H groups in total. The van der Waals surface area contributed by atoms with Crippen molar-refractivity contribution in [1.29, 1.82) is 0 Å². The van der Waals surface area contributed by atoms with Gasteiger partial charge in [0.15, 0.2) is 0 Å². The van der Waals surface area contributed by atoms with Gasteiger partial charge in [-0.25, -0.2) is 12.8 Å². The summed E-state index contributed by atoms with van der Waals surface area (Å²) in [5.74, 6) is -2.35. The van der Waals surface area contributed by atoms with E-state index in [4.69, 9.17) is 10.5 Å². The SMILES string of the molecule is NC(=O)c1c(NC(=O)c2cc(S(=O)(=O)N3CCOCC3)ccc2F)sc2c1CCCC2. The van der Waals surface area contributed by atoms with Crippen LogP contribution in [0, 0.1) is 5.82 Å². The van der Waals surface area contributed by atoms with Crippen molar-refractivity contribution in [2.75, 3.05) is 31.6 Å². The van der Waals surface area contributed by atoms with E-state index in [9.17, 15) is 22.4 Å². The highest BCUT2D eigenvalue weighted by Gasteiger charge is 2.29. The number of carbonyl (C=O) groups is 2. The van der Waals surface area contributed by atoms with Crippen LogP contribution in [0.5, 0.6) is 0 Å². The molecule has 1 aliphatic carbocycles. The van der Waals surface area contributed by atoms with E-state index in [0.29, 0.717) is 6.42 Å². The van der Waals surface area contributed by atoms with E-state index in [-0.39, 0.29) is 41.8 Å². The van der Waals surface area contributed by atoms with E-state index < -0.39 is 33.2 Å². The summed E-state index contributed by atoms with van der Waals surface area (Å²) >= 11 is 1.26. The van der Waals surface area contributed by atoms with Crippen LogP contribution in [-0.4, -0.2) is 50.8 Å². The second-order valence-corrected chi connectivity index (χ2v) is 10.4. The van der Waals surface area contributed by atoms with Gasteiger partial charge in [0.1, 0.15) is 10.8 Å². The highest BCUT2D eigenvalue weighted by Crippen LogP contribution is 2.38. The minimum atomic E-state index is -3.90. The largest absolute Gasteiger partial charge is 0.379 e. The molecule has 1 aromatic heterocycles. The van der Waals surface area contributed by atoms with Crippen molar-refractivity contribution >= 4 is 38.2 Å². The minimum absolute atomic E-state index is 0.179. The Balaban J connectivity index is 1.65. The third kappa shape index (κ3) is 4.22. The zero-order valence-corrected chi connectivity index (χ0v) is 18.3. The van der Waals surface area contributed by atoms with Gasteiger partial charge in [-0.05, 0) is 49.4 Å². The summed E-state index contributed by atoms with van der Waals surface area (Å²) in [6.45, 7) is 0.910. The number of fused-ring (bicyclic) bond motifs is 1. The molecule has 31 heavy (non-hydrogen) atoms. The fourth-order valence-electron chi connectivity index (χ4n) is 3.86. The number of ether oxygens (including phenoxy) is 1. The van der Waals surface area contributed by atoms with E-state index in [1.54, 1.807) is 0 Å². The van der Waals surface area contributed by atoms with Crippen molar-refractivity contribution in [3.8, 4) is 0 Å². The molecule has 2 aromatic rings. The molecule has 4 rings (SSSR count). The van der Waals surface area contributed by atoms with Gasteiger partial charge >= 0.3 is 0 Å². The van der Waals surface area contributed by atoms with Gasteiger partial charge in [0.05, 0.1) is 29.2 Å². The number of hydrogen-bond donors (Lipinski definition) is 2. The maximum absolute atomic E-state index is 14.5. The van der Waals surface area contributed by atoms with Gasteiger partial charge in [0, 0.05) is 18.0 Å². The summed E-state index contributed by atoms with van der Waals surface area (Å²) in [5, 5.41) is 2.84. The van der Waals surface area contributed by atoms with E-state index >= 15 is 0 Å². The van der Waals surface area contributed by atoms with E-state index in [1.165, 1.54) is 15.6 Å². The summed E-state index contributed by atoms with van der Waals surface area (Å²) in [6, 6.07) is 3.11. The van der Waals surface area contributed by atoms with Crippen LogP contribution < -0.4 is 11.1 Å². The number of halogens is 1. The van der Waals surface area contributed by atoms with Crippen molar-refractivity contribution in [2.24, 2.45) is 5.73 Å². The van der Waals surface area contributed by atoms with Crippen LogP contribution in [-0.2, 0) is 27.6 Å². The third-order valence-electron chi connectivity index (χ3n) is 5.44. The molecule has 8 nitrogen and oxygen atoms in total. The molecule has 0 bridgehead atoms. The predicted molar refractivity (Wildman–Crippen MR) is 113 cm³/mol. The molecule has 1 saturated heterocycles. The van der Waals surface area contributed by atoms with Gasteiger partial charge in [-0.1, -0.05) is 0 Å². The number of nitrogens with one attached hydrogen (secondary N) is 1. The topological polar surface area (TPSA) is 119 Å². The number of nitrogens with two attached hydrogens (primary N) is 1. The molecule has 166 valence electrons. The number of nitrogens with zero attached hydrogens (tertiary/aromatic N) is 1. The maximum Gasteiger partial charge on any atom is 0.259 e. The summed E-state index contributed by atoms with van der Waals surface area (Å²) in [5.41, 5.74) is 6.21. The van der Waals surface area contributed by atoms with Crippen LogP contribution in [0.4, 0.5) is 9.39 Å². The molecule has 2 aliphatic rings. The summed E-state index contributed by atoms with van der Waals surface area (Å²) in [4.78, 5) is 25.7. The number of rotatable bonds is 5. The van der Waals surface area contributed by atoms with Gasteiger partial charge in [-0.2, -0.15) is 4.31 Å². The smallest absolute Gasteiger partial charge is 0.259 e. The van der Waals surface area contributed by atoms with Crippen LogP contribution in [0.15, 0.2) is 23.1 Å². The van der Waals surface area contributed by atoms with E-state index in [1.807, 2.05) is 0 Å². The molecule has 1 fully saturated rings. The third-order valence-corrected chi connectivity index (χ3v) is 8.54. The average Bonchev–Trinajstić information content (AvgIpc) is 3.12. The monoisotopic (exact) mass is 467 g/mol. The van der Waals surface area contributed by atoms with Crippen LogP contribution in [0.25, 0.3) is 0 Å². The molecule has 11 heteroatoms. The zero-order valence-electron chi connectivity index (χ0n) is 16.6. The lowest BCUT2D eigenvalue weighted by Crippen LogP contribution is -2.40. The summed E-state index contributed by atoms with van der Waals surface area (Å²) < 4.78 is 46.6. The normalized spacial score (nSPS) is 17.2. The van der Waals surface area contributed by atoms with Crippen LogP contribution in [0.1, 0.15) is 44.0 Å². The fraction of sp³-hybridized carbons (Fsp3) is 0.400. The number of hydrogen-bond acceptors (Lipinski definition) is 6. The Morgan fingerprint density at radius 1 is 1.16 bits per heavy atom. The van der Waals surface area contributed by atoms with Gasteiger partial charge in [-0.3, -0.25) is 9.59 Å². The van der Waals surface area contributed by atoms with E-state index in [0.717, 1.165) is 47.9 Å². The van der Waals surface area contributed by atoms with Gasteiger partial charge in [-0.15, -0.1) is 11.3 Å². The Morgan fingerprint density at radius 3 is 2.58 bits per heavy atom. The first-order valence-electron chi connectivity index (χ1n) is 9.92. The Morgan fingerprint density at radius 2 is 1.87 bits per heavy atom. The van der Waals surface area contributed by atoms with Crippen molar-refractivity contribution < 1.29 is 27.1 Å².